The van der Waals surface area contributed by atoms with Crippen LogP contribution in [0.5, 0.6) is 0 Å². The second-order valence-corrected chi connectivity index (χ2v) is 6.77. The maximum Gasteiger partial charge on any atom is 0.270 e. The van der Waals surface area contributed by atoms with Crippen LogP contribution in [-0.2, 0) is 0 Å². The molecule has 0 heterocycles. The Labute approximate surface area is 175 Å². The number of para-hydroxylation sites is 1. The molecule has 0 unspecified atom stereocenters. The van der Waals surface area contributed by atoms with Gasteiger partial charge in [0, 0.05) is 12.1 Å². The first-order valence-corrected chi connectivity index (χ1v) is 9.06. The third-order valence-corrected chi connectivity index (χ3v) is 4.51. The predicted molar refractivity (Wildman–Crippen MR) is 112 cm³/mol. The first-order valence-electron chi connectivity index (χ1n) is 8.68. The highest BCUT2D eigenvalue weighted by Gasteiger charge is 2.18. The molecule has 9 heteroatoms. The number of hydrogen-bond donors (Lipinski definition) is 2. The van der Waals surface area contributed by atoms with Crippen LogP contribution in [0.4, 0.5) is 21.5 Å². The Morgan fingerprint density at radius 1 is 0.933 bits per heavy atom. The fourth-order valence-electron chi connectivity index (χ4n) is 2.69. The van der Waals surface area contributed by atoms with Crippen LogP contribution in [0.15, 0.2) is 60.7 Å². The highest BCUT2D eigenvalue weighted by Crippen LogP contribution is 2.25. The van der Waals surface area contributed by atoms with Gasteiger partial charge in [-0.3, -0.25) is 19.7 Å². The molecule has 3 aromatic carbocycles. The van der Waals surface area contributed by atoms with Crippen LogP contribution in [0.1, 0.15) is 26.3 Å². The van der Waals surface area contributed by atoms with Crippen molar-refractivity contribution < 1.29 is 18.9 Å². The standard InChI is InChI=1S/C21H15ClFN3O4/c1-12-6-9-19(17(23)10-12)25-21(28)15-4-2-3-5-18(15)24-20(27)14-8-7-13(26(29)30)11-16(14)22/h2-11H,1H3,(H,24,27)(H,25,28). The molecule has 0 aliphatic carbocycles. The maximum atomic E-state index is 14.0. The molecule has 30 heavy (non-hydrogen) atoms. The van der Waals surface area contributed by atoms with Crippen molar-refractivity contribution in [1.29, 1.82) is 0 Å². The second kappa shape index (κ2) is 8.71. The minimum Gasteiger partial charge on any atom is -0.321 e. The second-order valence-electron chi connectivity index (χ2n) is 6.36. The molecule has 0 aromatic heterocycles. The van der Waals surface area contributed by atoms with Crippen LogP contribution in [0.25, 0.3) is 0 Å². The normalized spacial score (nSPS) is 10.4. The van der Waals surface area contributed by atoms with Gasteiger partial charge in [-0.1, -0.05) is 29.8 Å². The number of carbonyl (C=O) groups is 2. The van der Waals surface area contributed by atoms with Gasteiger partial charge in [0.2, 0.25) is 0 Å². The summed E-state index contributed by atoms with van der Waals surface area (Å²) in [7, 11) is 0. The molecular formula is C21H15ClFN3O4. The Bertz CT molecular complexity index is 1170. The summed E-state index contributed by atoms with van der Waals surface area (Å²) in [6, 6.07) is 14.0. The SMILES string of the molecule is Cc1ccc(NC(=O)c2ccccc2NC(=O)c2ccc([N+](=O)[O-])cc2Cl)c(F)c1. The average molecular weight is 428 g/mol. The predicted octanol–water partition coefficient (Wildman–Crippen LogP) is 5.20. The molecule has 0 atom stereocenters. The highest BCUT2D eigenvalue weighted by atomic mass is 35.5. The quantitative estimate of drug-likeness (QED) is 0.431. The topological polar surface area (TPSA) is 101 Å². The van der Waals surface area contributed by atoms with E-state index in [4.69, 9.17) is 11.6 Å². The lowest BCUT2D eigenvalue weighted by atomic mass is 10.1. The summed E-state index contributed by atoms with van der Waals surface area (Å²) in [4.78, 5) is 35.4. The van der Waals surface area contributed by atoms with E-state index >= 15 is 0 Å². The molecule has 0 bridgehead atoms. The van der Waals surface area contributed by atoms with Crippen LogP contribution < -0.4 is 10.6 Å². The van der Waals surface area contributed by atoms with Gasteiger partial charge >= 0.3 is 0 Å². The summed E-state index contributed by atoms with van der Waals surface area (Å²) in [6.07, 6.45) is 0. The maximum absolute atomic E-state index is 14.0. The van der Waals surface area contributed by atoms with Gasteiger partial charge in [-0.15, -0.1) is 0 Å². The molecule has 3 aromatic rings. The third-order valence-electron chi connectivity index (χ3n) is 4.20. The first kappa shape index (κ1) is 20.9. The molecule has 3 rings (SSSR count). The van der Waals surface area contributed by atoms with Gasteiger partial charge in [0.1, 0.15) is 5.82 Å². The Morgan fingerprint density at radius 2 is 1.60 bits per heavy atom. The number of nitro benzene ring substituents is 1. The molecule has 152 valence electrons. The van der Waals surface area contributed by atoms with Crippen molar-refractivity contribution in [3.8, 4) is 0 Å². The van der Waals surface area contributed by atoms with Crippen LogP contribution in [0.3, 0.4) is 0 Å². The van der Waals surface area contributed by atoms with Crippen LogP contribution >= 0.6 is 11.6 Å². The molecule has 0 saturated carbocycles. The average Bonchev–Trinajstić information content (AvgIpc) is 2.70. The Hall–Kier alpha value is -3.78. The Morgan fingerprint density at radius 3 is 2.27 bits per heavy atom. The Kier molecular flexibility index (Phi) is 6.08. The van der Waals surface area contributed by atoms with Gasteiger partial charge in [-0.2, -0.15) is 0 Å². The minimum atomic E-state index is -0.656. The number of hydrogen-bond acceptors (Lipinski definition) is 4. The zero-order valence-corrected chi connectivity index (χ0v) is 16.4. The monoisotopic (exact) mass is 427 g/mol. The fraction of sp³-hybridized carbons (Fsp3) is 0.0476. The van der Waals surface area contributed by atoms with Gasteiger partial charge in [0.05, 0.1) is 32.4 Å². The zero-order chi connectivity index (χ0) is 21.8. The van der Waals surface area contributed by atoms with Crippen molar-refractivity contribution in [2.24, 2.45) is 0 Å². The summed E-state index contributed by atoms with van der Waals surface area (Å²) in [5, 5.41) is 15.7. The molecule has 0 aliphatic rings. The number of nitrogens with zero attached hydrogens (tertiary/aromatic N) is 1. The fourth-order valence-corrected chi connectivity index (χ4v) is 2.95. The number of benzene rings is 3. The number of rotatable bonds is 5. The summed E-state index contributed by atoms with van der Waals surface area (Å²) in [5.41, 5.74) is 0.729. The largest absolute Gasteiger partial charge is 0.321 e. The first-order chi connectivity index (χ1) is 14.3. The molecule has 2 amide bonds. The highest BCUT2D eigenvalue weighted by molar-refractivity contribution is 6.34. The van der Waals surface area contributed by atoms with E-state index in [1.165, 1.54) is 30.3 Å². The van der Waals surface area contributed by atoms with E-state index in [1.807, 2.05) is 0 Å². The van der Waals surface area contributed by atoms with E-state index in [9.17, 15) is 24.1 Å². The number of halogens is 2. The van der Waals surface area contributed by atoms with Gasteiger partial charge in [0.15, 0.2) is 0 Å². The lowest BCUT2D eigenvalue weighted by Gasteiger charge is -2.12. The molecule has 2 N–H and O–H groups in total. The molecular weight excluding hydrogens is 413 g/mol. The number of anilines is 2. The van der Waals surface area contributed by atoms with Crippen LogP contribution in [0.2, 0.25) is 5.02 Å². The van der Waals surface area contributed by atoms with E-state index in [0.717, 1.165) is 12.1 Å². The summed E-state index contributed by atoms with van der Waals surface area (Å²) < 4.78 is 14.0. The van der Waals surface area contributed by atoms with E-state index in [2.05, 4.69) is 10.6 Å². The lowest BCUT2D eigenvalue weighted by molar-refractivity contribution is -0.384. The molecule has 0 radical (unpaired) electrons. The van der Waals surface area contributed by atoms with E-state index in [-0.39, 0.29) is 33.2 Å². The summed E-state index contributed by atoms with van der Waals surface area (Å²) >= 11 is 5.99. The van der Waals surface area contributed by atoms with Crippen molar-refractivity contribution >= 4 is 40.5 Å². The van der Waals surface area contributed by atoms with Gasteiger partial charge < -0.3 is 10.6 Å². The van der Waals surface area contributed by atoms with Crippen LogP contribution in [0, 0.1) is 22.9 Å². The van der Waals surface area contributed by atoms with Crippen molar-refractivity contribution in [1.82, 2.24) is 0 Å². The lowest BCUT2D eigenvalue weighted by Crippen LogP contribution is -2.19. The van der Waals surface area contributed by atoms with Crippen molar-refractivity contribution in [2.75, 3.05) is 10.6 Å². The van der Waals surface area contributed by atoms with E-state index in [1.54, 1.807) is 25.1 Å². The number of nitrogens with one attached hydrogen (secondary N) is 2. The van der Waals surface area contributed by atoms with Gasteiger partial charge in [0.25, 0.3) is 17.5 Å². The van der Waals surface area contributed by atoms with Gasteiger partial charge in [-0.05, 0) is 42.8 Å². The number of amides is 2. The molecule has 0 saturated heterocycles. The molecule has 0 fully saturated rings. The molecule has 0 aliphatic heterocycles. The smallest absolute Gasteiger partial charge is 0.270 e. The zero-order valence-electron chi connectivity index (χ0n) is 15.6. The van der Waals surface area contributed by atoms with Crippen LogP contribution in [-0.4, -0.2) is 16.7 Å². The summed E-state index contributed by atoms with van der Waals surface area (Å²) in [6.45, 7) is 1.73. The third kappa shape index (κ3) is 4.61. The Balaban J connectivity index is 1.84. The van der Waals surface area contributed by atoms with Crippen molar-refractivity contribution in [2.45, 2.75) is 6.92 Å². The van der Waals surface area contributed by atoms with Crippen molar-refractivity contribution in [3.05, 3.63) is 98.3 Å². The van der Waals surface area contributed by atoms with Crippen molar-refractivity contribution in [3.63, 3.8) is 0 Å². The summed E-state index contributed by atoms with van der Waals surface area (Å²) in [5.74, 6) is -1.86. The number of carbonyl (C=O) groups excluding carboxylic acids is 2. The minimum absolute atomic E-state index is 0.00190. The number of non-ortho nitro benzene ring substituents is 1. The number of nitro groups is 1. The van der Waals surface area contributed by atoms with Gasteiger partial charge in [-0.25, -0.2) is 4.39 Å². The van der Waals surface area contributed by atoms with E-state index in [0.29, 0.717) is 5.56 Å². The molecule has 0 spiro atoms. The molecule has 7 nitrogen and oxygen atoms in total. The number of aryl methyl sites for hydroxylation is 1. The van der Waals surface area contributed by atoms with E-state index < -0.39 is 22.6 Å².